The predicted octanol–water partition coefficient (Wildman–Crippen LogP) is 14.5. The molecule has 0 spiro atoms. The summed E-state index contributed by atoms with van der Waals surface area (Å²) < 4.78 is 9.48. The topological polar surface area (TPSA) is 21.3 Å². The van der Waals surface area contributed by atoms with E-state index in [-0.39, 0.29) is 23.1 Å². The van der Waals surface area contributed by atoms with Gasteiger partial charge >= 0.3 is 6.85 Å². The van der Waals surface area contributed by atoms with Crippen LogP contribution in [0.2, 0.25) is 0 Å². The van der Waals surface area contributed by atoms with E-state index in [1.165, 1.54) is 89.0 Å². The number of hydrogen-bond donors (Lipinski definition) is 0. The summed E-state index contributed by atoms with van der Waals surface area (Å²) in [5, 5.41) is 3.59. The number of aryl methyl sites for hydroxylation is 1. The number of rotatable bonds is 3. The third kappa shape index (κ3) is 5.57. The molecule has 300 valence electrons. The van der Waals surface area contributed by atoms with Gasteiger partial charge in [-0.25, -0.2) is 0 Å². The van der Waals surface area contributed by atoms with Crippen molar-refractivity contribution in [3.8, 4) is 33.5 Å². The van der Waals surface area contributed by atoms with Crippen molar-refractivity contribution >= 4 is 67.7 Å². The van der Waals surface area contributed by atoms with E-state index in [1.54, 1.807) is 0 Å². The average molecular weight is 793 g/mol. The molecule has 2 aromatic heterocycles. The van der Waals surface area contributed by atoms with E-state index in [9.17, 15) is 0 Å². The first kappa shape index (κ1) is 37.7. The molecule has 7 aromatic carbocycles. The van der Waals surface area contributed by atoms with Gasteiger partial charge in [0, 0.05) is 50.0 Å². The summed E-state index contributed by atoms with van der Waals surface area (Å²) >= 11 is 0. The van der Waals surface area contributed by atoms with Gasteiger partial charge in [0.1, 0.15) is 11.2 Å². The zero-order valence-electron chi connectivity index (χ0n) is 37.2. The molecular weight excluding hydrogens is 739 g/mol. The standard InChI is InChI=1S/C57H53BN2O/c1-34-18-14-15-21-40(34)53-49(35-19-12-11-13-20-35)44-32-37(56(5,6)7)31-43-42-30-38(57(8,9)10)33-46-51(42)58(60(53)52(43)44)45-28-29-48-50(41-22-16-17-23-47(41)61-48)54(45)59(46)39-26-24-36(25-27-39)55(2,3)4/h11-33H,1-10H3. The summed E-state index contributed by atoms with van der Waals surface area (Å²) in [4.78, 5) is 2.58. The Labute approximate surface area is 360 Å². The molecule has 4 heterocycles. The van der Waals surface area contributed by atoms with E-state index in [1.807, 2.05) is 0 Å². The van der Waals surface area contributed by atoms with Crippen molar-refractivity contribution < 1.29 is 4.42 Å². The van der Waals surface area contributed by atoms with Crippen molar-refractivity contribution in [1.82, 2.24) is 4.48 Å². The molecule has 0 atom stereocenters. The number of anilines is 3. The SMILES string of the molecule is Cc1ccccc1-c1c(-c2ccccc2)c2cc(C(C)(C)C)cc3c2n1B1c2ccc4oc5ccccc5c4c2N(c2ccc(C(C)(C)C)cc2)c2cc(C(C)(C)C)cc-3c21. The van der Waals surface area contributed by atoms with Crippen molar-refractivity contribution in [2.75, 3.05) is 4.90 Å². The van der Waals surface area contributed by atoms with Crippen LogP contribution in [-0.2, 0) is 16.2 Å². The summed E-state index contributed by atoms with van der Waals surface area (Å²) in [7, 11) is 0. The zero-order chi connectivity index (χ0) is 42.3. The predicted molar refractivity (Wildman–Crippen MR) is 261 cm³/mol. The first-order valence-corrected chi connectivity index (χ1v) is 22.0. The Morgan fingerprint density at radius 2 is 1.16 bits per heavy atom. The minimum absolute atomic E-state index is 0.0273. The second kappa shape index (κ2) is 12.9. The van der Waals surface area contributed by atoms with Crippen molar-refractivity contribution in [1.29, 1.82) is 0 Å². The Morgan fingerprint density at radius 3 is 1.87 bits per heavy atom. The van der Waals surface area contributed by atoms with Gasteiger partial charge in [-0.1, -0.05) is 159 Å². The Morgan fingerprint density at radius 1 is 0.525 bits per heavy atom. The first-order chi connectivity index (χ1) is 29.1. The molecule has 2 aliphatic rings. The van der Waals surface area contributed by atoms with Crippen molar-refractivity contribution in [2.24, 2.45) is 0 Å². The Kier molecular flexibility index (Phi) is 7.96. The fourth-order valence-electron chi connectivity index (χ4n) is 10.3. The van der Waals surface area contributed by atoms with Gasteiger partial charge in [-0.3, -0.25) is 0 Å². The maximum atomic E-state index is 6.74. The second-order valence-corrected chi connectivity index (χ2v) is 20.7. The molecule has 3 nitrogen and oxygen atoms in total. The molecule has 0 radical (unpaired) electrons. The van der Waals surface area contributed by atoms with Crippen LogP contribution < -0.4 is 15.8 Å². The zero-order valence-corrected chi connectivity index (χ0v) is 37.2. The van der Waals surface area contributed by atoms with Gasteiger partial charge in [0.15, 0.2) is 0 Å². The Hall–Kier alpha value is -6.26. The maximum Gasteiger partial charge on any atom is 0.333 e. The second-order valence-electron chi connectivity index (χ2n) is 20.7. The van der Waals surface area contributed by atoms with Crippen molar-refractivity contribution in [3.63, 3.8) is 0 Å². The quantitative estimate of drug-likeness (QED) is 0.166. The summed E-state index contributed by atoms with van der Waals surface area (Å²) in [5.74, 6) is 0. The lowest BCUT2D eigenvalue weighted by Gasteiger charge is -2.42. The molecule has 9 aromatic rings. The van der Waals surface area contributed by atoms with Crippen LogP contribution in [0.5, 0.6) is 0 Å². The summed E-state index contributed by atoms with van der Waals surface area (Å²) in [6.07, 6.45) is 0. The van der Waals surface area contributed by atoms with Crippen LogP contribution in [0.25, 0.3) is 66.4 Å². The van der Waals surface area contributed by atoms with Gasteiger partial charge in [-0.2, -0.15) is 0 Å². The molecule has 0 unspecified atom stereocenters. The van der Waals surface area contributed by atoms with Crippen LogP contribution in [0.3, 0.4) is 0 Å². The van der Waals surface area contributed by atoms with Crippen LogP contribution in [0.1, 0.15) is 84.6 Å². The molecule has 0 fully saturated rings. The summed E-state index contributed by atoms with van der Waals surface area (Å²) in [5.41, 5.74) is 22.0. The lowest BCUT2D eigenvalue weighted by Crippen LogP contribution is -2.57. The number of furan rings is 1. The maximum absolute atomic E-state index is 6.74. The molecule has 0 amide bonds. The van der Waals surface area contributed by atoms with E-state index in [0.717, 1.165) is 27.6 Å². The molecule has 2 aliphatic heterocycles. The van der Waals surface area contributed by atoms with Gasteiger partial charge in [0.25, 0.3) is 0 Å². The monoisotopic (exact) mass is 792 g/mol. The highest BCUT2D eigenvalue weighted by Crippen LogP contribution is 2.53. The molecule has 11 rings (SSSR count). The fourth-order valence-corrected chi connectivity index (χ4v) is 10.3. The molecule has 0 saturated heterocycles. The van der Waals surface area contributed by atoms with E-state index < -0.39 is 0 Å². The van der Waals surface area contributed by atoms with Crippen LogP contribution in [0, 0.1) is 6.92 Å². The number of hydrogen-bond acceptors (Lipinski definition) is 2. The van der Waals surface area contributed by atoms with Crippen molar-refractivity contribution in [2.45, 2.75) is 85.5 Å². The van der Waals surface area contributed by atoms with E-state index in [2.05, 4.69) is 218 Å². The highest BCUT2D eigenvalue weighted by Gasteiger charge is 2.46. The average Bonchev–Trinajstić information content (AvgIpc) is 3.78. The normalized spacial score (nSPS) is 13.7. The molecule has 61 heavy (non-hydrogen) atoms. The van der Waals surface area contributed by atoms with E-state index >= 15 is 0 Å². The number of benzene rings is 7. The highest BCUT2D eigenvalue weighted by atomic mass is 16.3. The highest BCUT2D eigenvalue weighted by molar-refractivity contribution is 6.90. The number of aromatic nitrogens is 1. The van der Waals surface area contributed by atoms with Crippen LogP contribution in [0.15, 0.2) is 144 Å². The lowest BCUT2D eigenvalue weighted by molar-refractivity contribution is 0.589. The van der Waals surface area contributed by atoms with Gasteiger partial charge in [0.2, 0.25) is 0 Å². The summed E-state index contributed by atoms with van der Waals surface area (Å²) in [6, 6.07) is 52.7. The minimum atomic E-state index is -0.125. The molecular formula is C57H53BN2O. The van der Waals surface area contributed by atoms with Gasteiger partial charge in [0.05, 0.1) is 11.1 Å². The largest absolute Gasteiger partial charge is 0.456 e. The van der Waals surface area contributed by atoms with E-state index in [0.29, 0.717) is 0 Å². The molecule has 0 N–H and O–H groups in total. The van der Waals surface area contributed by atoms with E-state index in [4.69, 9.17) is 4.42 Å². The van der Waals surface area contributed by atoms with Gasteiger partial charge in [-0.15, -0.1) is 0 Å². The first-order valence-electron chi connectivity index (χ1n) is 22.0. The smallest absolute Gasteiger partial charge is 0.333 e. The van der Waals surface area contributed by atoms with Crippen LogP contribution >= 0.6 is 0 Å². The third-order valence-electron chi connectivity index (χ3n) is 13.6. The van der Waals surface area contributed by atoms with Crippen molar-refractivity contribution in [3.05, 3.63) is 162 Å². The summed E-state index contributed by atoms with van der Waals surface area (Å²) in [6.45, 7) is 23.2. The van der Waals surface area contributed by atoms with Crippen LogP contribution in [0.4, 0.5) is 17.1 Å². The number of para-hydroxylation sites is 1. The molecule has 4 heteroatoms. The molecule has 0 bridgehead atoms. The fraction of sp³-hybridized carbons (Fsp3) is 0.228. The van der Waals surface area contributed by atoms with Gasteiger partial charge < -0.3 is 13.8 Å². The van der Waals surface area contributed by atoms with Gasteiger partial charge in [-0.05, 0) is 110 Å². The Balaban J connectivity index is 1.38. The minimum Gasteiger partial charge on any atom is -0.456 e. The lowest BCUT2D eigenvalue weighted by atomic mass is 9.44. The molecule has 0 aliphatic carbocycles. The third-order valence-corrected chi connectivity index (χ3v) is 13.6. The number of nitrogens with zero attached hydrogens (tertiary/aromatic N) is 2. The molecule has 0 saturated carbocycles. The van der Waals surface area contributed by atoms with Crippen LogP contribution in [-0.4, -0.2) is 11.3 Å². The Bertz CT molecular complexity index is 3250. The number of fused-ring (bicyclic) bond motifs is 8.